The number of hydrogen-bond donors (Lipinski definition) is 2. The highest BCUT2D eigenvalue weighted by Crippen LogP contribution is 2.20. The van der Waals surface area contributed by atoms with Gasteiger partial charge in [0.2, 0.25) is 5.95 Å². The maximum atomic E-state index is 13.3. The van der Waals surface area contributed by atoms with E-state index in [0.717, 1.165) is 28.3 Å². The summed E-state index contributed by atoms with van der Waals surface area (Å²) in [6.45, 7) is 2.58. The van der Waals surface area contributed by atoms with Crippen molar-refractivity contribution >= 4 is 17.0 Å². The molecule has 0 saturated heterocycles. The monoisotopic (exact) mass is 351 g/mol. The van der Waals surface area contributed by atoms with E-state index in [1.165, 1.54) is 12.1 Å². The summed E-state index contributed by atoms with van der Waals surface area (Å²) in [5.74, 6) is 1.06. The summed E-state index contributed by atoms with van der Waals surface area (Å²) in [6, 6.07) is 6.45. The number of halogens is 1. The molecule has 2 N–H and O–H groups in total. The highest BCUT2D eigenvalue weighted by Gasteiger charge is 2.10. The van der Waals surface area contributed by atoms with Crippen LogP contribution in [0.2, 0.25) is 0 Å². The molecule has 26 heavy (non-hydrogen) atoms. The third-order valence-electron chi connectivity index (χ3n) is 4.17. The molecule has 3 aromatic heterocycles. The summed E-state index contributed by atoms with van der Waals surface area (Å²) in [5, 5.41) is 7.40. The van der Waals surface area contributed by atoms with E-state index in [4.69, 9.17) is 0 Å². The van der Waals surface area contributed by atoms with Gasteiger partial charge in [0.15, 0.2) is 0 Å². The molecule has 8 heteroatoms. The largest absolute Gasteiger partial charge is 0.354 e. The summed E-state index contributed by atoms with van der Waals surface area (Å²) in [7, 11) is 1.88. The van der Waals surface area contributed by atoms with Gasteiger partial charge in [-0.1, -0.05) is 0 Å². The number of hydrogen-bond acceptors (Lipinski definition) is 5. The lowest BCUT2D eigenvalue weighted by Gasteiger charge is -2.08. The Bertz CT molecular complexity index is 1070. The standard InChI is InChI=1S/C18H18FN7/c1-11-10-21-18(25-17(11)15-5-8-22-26(15)2)20-7-6-16-23-13-4-3-12(19)9-14(13)24-16/h3-5,8-10H,6-7H2,1-2H3,(H,23,24)(H,20,21,25). The van der Waals surface area contributed by atoms with Crippen LogP contribution in [0, 0.1) is 12.7 Å². The van der Waals surface area contributed by atoms with Crippen LogP contribution in [-0.2, 0) is 13.5 Å². The number of imidazole rings is 1. The van der Waals surface area contributed by atoms with Gasteiger partial charge in [0.25, 0.3) is 0 Å². The van der Waals surface area contributed by atoms with Gasteiger partial charge in [-0.3, -0.25) is 4.68 Å². The van der Waals surface area contributed by atoms with Gasteiger partial charge in [-0.15, -0.1) is 0 Å². The Labute approximate surface area is 149 Å². The van der Waals surface area contributed by atoms with E-state index < -0.39 is 0 Å². The zero-order valence-electron chi connectivity index (χ0n) is 14.5. The second-order valence-corrected chi connectivity index (χ2v) is 6.09. The van der Waals surface area contributed by atoms with Gasteiger partial charge in [-0.05, 0) is 36.8 Å². The molecule has 0 aliphatic heterocycles. The second kappa shape index (κ2) is 6.55. The van der Waals surface area contributed by atoms with Crippen molar-refractivity contribution in [2.24, 2.45) is 7.05 Å². The molecule has 132 valence electrons. The Morgan fingerprint density at radius 3 is 2.92 bits per heavy atom. The number of anilines is 1. The number of aromatic nitrogens is 6. The van der Waals surface area contributed by atoms with Crippen LogP contribution in [0.3, 0.4) is 0 Å². The van der Waals surface area contributed by atoms with E-state index >= 15 is 0 Å². The van der Waals surface area contributed by atoms with Gasteiger partial charge >= 0.3 is 0 Å². The van der Waals surface area contributed by atoms with Gasteiger partial charge < -0.3 is 10.3 Å². The van der Waals surface area contributed by atoms with Crippen molar-refractivity contribution in [3.63, 3.8) is 0 Å². The predicted octanol–water partition coefficient (Wildman–Crippen LogP) is 2.86. The van der Waals surface area contributed by atoms with Crippen LogP contribution in [0.5, 0.6) is 0 Å². The molecule has 0 aliphatic rings. The van der Waals surface area contributed by atoms with Gasteiger partial charge in [0.1, 0.15) is 11.6 Å². The SMILES string of the molecule is Cc1cnc(NCCc2nc3ccc(F)cc3[nH]2)nc1-c1ccnn1C. The molecule has 0 bridgehead atoms. The Hall–Kier alpha value is -3.29. The molecule has 0 fully saturated rings. The molecule has 0 amide bonds. The lowest BCUT2D eigenvalue weighted by atomic mass is 10.2. The number of fused-ring (bicyclic) bond motifs is 1. The molecule has 0 atom stereocenters. The molecule has 7 nitrogen and oxygen atoms in total. The second-order valence-electron chi connectivity index (χ2n) is 6.09. The van der Waals surface area contributed by atoms with E-state index in [9.17, 15) is 4.39 Å². The molecule has 0 radical (unpaired) electrons. The molecule has 0 spiro atoms. The van der Waals surface area contributed by atoms with Crippen molar-refractivity contribution in [3.8, 4) is 11.4 Å². The van der Waals surface area contributed by atoms with Gasteiger partial charge in [0.05, 0.1) is 22.4 Å². The van der Waals surface area contributed by atoms with Crippen LogP contribution in [0.1, 0.15) is 11.4 Å². The first kappa shape index (κ1) is 16.2. The van der Waals surface area contributed by atoms with E-state index in [-0.39, 0.29) is 5.82 Å². The maximum absolute atomic E-state index is 13.3. The average molecular weight is 351 g/mol. The Balaban J connectivity index is 1.47. The first-order chi connectivity index (χ1) is 12.6. The molecule has 3 heterocycles. The average Bonchev–Trinajstić information content (AvgIpc) is 3.21. The number of H-pyrrole nitrogens is 1. The van der Waals surface area contributed by atoms with Crippen molar-refractivity contribution in [2.45, 2.75) is 13.3 Å². The van der Waals surface area contributed by atoms with Crippen LogP contribution >= 0.6 is 0 Å². The summed E-state index contributed by atoms with van der Waals surface area (Å²) in [4.78, 5) is 16.5. The predicted molar refractivity (Wildman–Crippen MR) is 97.2 cm³/mol. The Morgan fingerprint density at radius 2 is 2.12 bits per heavy atom. The molecular formula is C18H18FN7. The van der Waals surface area contributed by atoms with Crippen LogP contribution in [0.4, 0.5) is 10.3 Å². The first-order valence-corrected chi connectivity index (χ1v) is 8.30. The molecule has 4 rings (SSSR count). The molecule has 1 aromatic carbocycles. The van der Waals surface area contributed by atoms with Gasteiger partial charge in [-0.2, -0.15) is 5.10 Å². The topological polar surface area (TPSA) is 84.3 Å². The van der Waals surface area contributed by atoms with Gasteiger partial charge in [0, 0.05) is 32.4 Å². The molecule has 4 aromatic rings. The van der Waals surface area contributed by atoms with Crippen LogP contribution in [0.15, 0.2) is 36.7 Å². The third kappa shape index (κ3) is 3.13. The Morgan fingerprint density at radius 1 is 1.23 bits per heavy atom. The summed E-state index contributed by atoms with van der Waals surface area (Å²) >= 11 is 0. The fraction of sp³-hybridized carbons (Fsp3) is 0.222. The number of aromatic amines is 1. The van der Waals surface area contributed by atoms with Gasteiger partial charge in [-0.25, -0.2) is 19.3 Å². The van der Waals surface area contributed by atoms with Crippen molar-refractivity contribution in [1.82, 2.24) is 29.7 Å². The molecule has 0 unspecified atom stereocenters. The van der Waals surface area contributed by atoms with Crippen LogP contribution < -0.4 is 5.32 Å². The normalized spacial score (nSPS) is 11.2. The summed E-state index contributed by atoms with van der Waals surface area (Å²) in [5.41, 5.74) is 4.23. The molecule has 0 saturated carbocycles. The van der Waals surface area contributed by atoms with E-state index in [1.54, 1.807) is 23.1 Å². The van der Waals surface area contributed by atoms with Crippen LogP contribution in [-0.4, -0.2) is 36.3 Å². The summed E-state index contributed by atoms with van der Waals surface area (Å²) in [6.07, 6.45) is 4.19. The zero-order chi connectivity index (χ0) is 18.1. The van der Waals surface area contributed by atoms with E-state index in [2.05, 4.69) is 30.4 Å². The van der Waals surface area contributed by atoms with Crippen LogP contribution in [0.25, 0.3) is 22.4 Å². The minimum absolute atomic E-state index is 0.276. The third-order valence-corrected chi connectivity index (χ3v) is 4.17. The number of rotatable bonds is 5. The van der Waals surface area contributed by atoms with Crippen molar-refractivity contribution < 1.29 is 4.39 Å². The maximum Gasteiger partial charge on any atom is 0.223 e. The lowest BCUT2D eigenvalue weighted by molar-refractivity contribution is 0.629. The minimum Gasteiger partial charge on any atom is -0.354 e. The molecular weight excluding hydrogens is 333 g/mol. The zero-order valence-corrected chi connectivity index (χ0v) is 14.5. The smallest absolute Gasteiger partial charge is 0.223 e. The van der Waals surface area contributed by atoms with E-state index in [0.29, 0.717) is 24.4 Å². The minimum atomic E-state index is -0.276. The molecule has 0 aliphatic carbocycles. The fourth-order valence-corrected chi connectivity index (χ4v) is 2.84. The van der Waals surface area contributed by atoms with E-state index in [1.807, 2.05) is 20.0 Å². The highest BCUT2D eigenvalue weighted by atomic mass is 19.1. The first-order valence-electron chi connectivity index (χ1n) is 8.30. The Kier molecular flexibility index (Phi) is 4.08. The summed E-state index contributed by atoms with van der Waals surface area (Å²) < 4.78 is 15.0. The lowest BCUT2D eigenvalue weighted by Crippen LogP contribution is -2.10. The number of nitrogens with one attached hydrogen (secondary N) is 2. The van der Waals surface area contributed by atoms with Crippen molar-refractivity contribution in [3.05, 3.63) is 53.9 Å². The quantitative estimate of drug-likeness (QED) is 0.578. The highest BCUT2D eigenvalue weighted by molar-refractivity contribution is 5.74. The number of benzene rings is 1. The number of nitrogens with zero attached hydrogens (tertiary/aromatic N) is 5. The van der Waals surface area contributed by atoms with Crippen molar-refractivity contribution in [2.75, 3.05) is 11.9 Å². The fourth-order valence-electron chi connectivity index (χ4n) is 2.84. The number of aryl methyl sites for hydroxylation is 2. The van der Waals surface area contributed by atoms with Crippen molar-refractivity contribution in [1.29, 1.82) is 0 Å².